The van der Waals surface area contributed by atoms with Gasteiger partial charge in [-0.15, -0.1) is 0 Å². The molecular weight excluding hydrogens is 276 g/mol. The molecule has 1 aromatic rings. The van der Waals surface area contributed by atoms with E-state index in [2.05, 4.69) is 9.62 Å². The van der Waals surface area contributed by atoms with E-state index in [0.29, 0.717) is 17.7 Å². The number of hydrogen-bond donors (Lipinski definition) is 2. The molecule has 0 saturated carbocycles. The van der Waals surface area contributed by atoms with Crippen molar-refractivity contribution in [2.24, 2.45) is 0 Å². The van der Waals surface area contributed by atoms with Crippen molar-refractivity contribution in [1.82, 2.24) is 9.62 Å². The van der Waals surface area contributed by atoms with Gasteiger partial charge in [-0.1, -0.05) is 12.1 Å². The maximum atomic E-state index is 12.4. The summed E-state index contributed by atoms with van der Waals surface area (Å²) in [7, 11) is -1.50. The van der Waals surface area contributed by atoms with Crippen LogP contribution >= 0.6 is 0 Å². The molecule has 1 saturated heterocycles. The zero-order valence-corrected chi connectivity index (χ0v) is 12.8. The first-order chi connectivity index (χ1) is 9.44. The molecule has 1 aliphatic rings. The number of benzene rings is 1. The van der Waals surface area contributed by atoms with Crippen molar-refractivity contribution in [3.8, 4) is 0 Å². The van der Waals surface area contributed by atoms with Gasteiger partial charge >= 0.3 is 0 Å². The molecule has 112 valence electrons. The highest BCUT2D eigenvalue weighted by Gasteiger charge is 2.24. The lowest BCUT2D eigenvalue weighted by molar-refractivity contribution is 0.281. The van der Waals surface area contributed by atoms with E-state index < -0.39 is 10.0 Å². The average Bonchev–Trinajstić information content (AvgIpc) is 2.82. The van der Waals surface area contributed by atoms with Crippen molar-refractivity contribution < 1.29 is 13.5 Å². The van der Waals surface area contributed by atoms with Crippen LogP contribution in [0.4, 0.5) is 0 Å². The number of rotatable bonds is 5. The third-order valence-corrected chi connectivity index (χ3v) is 5.47. The number of likely N-dealkylation sites (N-methyl/N-ethyl adjacent to an activating group) is 1. The molecule has 1 aliphatic heterocycles. The number of hydrogen-bond acceptors (Lipinski definition) is 4. The second kappa shape index (κ2) is 6.22. The van der Waals surface area contributed by atoms with Crippen LogP contribution in [0, 0.1) is 6.92 Å². The van der Waals surface area contributed by atoms with Gasteiger partial charge in [-0.25, -0.2) is 13.1 Å². The molecule has 0 aliphatic carbocycles. The van der Waals surface area contributed by atoms with E-state index in [0.717, 1.165) is 19.4 Å². The lowest BCUT2D eigenvalue weighted by atomic mass is 10.2. The topological polar surface area (TPSA) is 69.6 Å². The van der Waals surface area contributed by atoms with Crippen molar-refractivity contribution in [3.05, 3.63) is 29.3 Å². The lowest BCUT2D eigenvalue weighted by Crippen LogP contribution is -2.38. The van der Waals surface area contributed by atoms with Gasteiger partial charge in [0.15, 0.2) is 0 Å². The first-order valence-corrected chi connectivity index (χ1v) is 8.32. The Morgan fingerprint density at radius 1 is 1.45 bits per heavy atom. The average molecular weight is 298 g/mol. The Morgan fingerprint density at radius 3 is 2.80 bits per heavy atom. The Labute approximate surface area is 120 Å². The minimum absolute atomic E-state index is 0.159. The van der Waals surface area contributed by atoms with Gasteiger partial charge < -0.3 is 10.0 Å². The summed E-state index contributed by atoms with van der Waals surface area (Å²) in [6, 6.07) is 5.27. The molecule has 1 heterocycles. The number of nitrogens with one attached hydrogen (secondary N) is 1. The van der Waals surface area contributed by atoms with Crippen molar-refractivity contribution in [2.75, 3.05) is 20.1 Å². The van der Waals surface area contributed by atoms with Crippen LogP contribution in [0.25, 0.3) is 0 Å². The van der Waals surface area contributed by atoms with Crippen LogP contribution in [0.5, 0.6) is 0 Å². The quantitative estimate of drug-likeness (QED) is 0.846. The fourth-order valence-electron chi connectivity index (χ4n) is 2.55. The first-order valence-electron chi connectivity index (χ1n) is 6.84. The fourth-order valence-corrected chi connectivity index (χ4v) is 3.92. The zero-order chi connectivity index (χ0) is 14.8. The Kier molecular flexibility index (Phi) is 4.80. The highest BCUT2D eigenvalue weighted by atomic mass is 32.2. The molecule has 2 rings (SSSR count). The van der Waals surface area contributed by atoms with Crippen LogP contribution in [0.3, 0.4) is 0 Å². The molecule has 1 fully saturated rings. The summed E-state index contributed by atoms with van der Waals surface area (Å²) < 4.78 is 27.4. The molecule has 0 bridgehead atoms. The molecule has 0 radical (unpaired) electrons. The summed E-state index contributed by atoms with van der Waals surface area (Å²) >= 11 is 0. The zero-order valence-electron chi connectivity index (χ0n) is 12.0. The van der Waals surface area contributed by atoms with Gasteiger partial charge in [-0.3, -0.25) is 0 Å². The van der Waals surface area contributed by atoms with Gasteiger partial charge in [0.05, 0.1) is 11.5 Å². The Hall–Kier alpha value is -0.950. The maximum Gasteiger partial charge on any atom is 0.240 e. The summed E-state index contributed by atoms with van der Waals surface area (Å²) in [4.78, 5) is 2.43. The van der Waals surface area contributed by atoms with E-state index in [1.165, 1.54) is 6.07 Å². The number of nitrogens with zero attached hydrogens (tertiary/aromatic N) is 1. The third kappa shape index (κ3) is 3.38. The summed E-state index contributed by atoms with van der Waals surface area (Å²) in [5, 5.41) is 9.13. The van der Waals surface area contributed by atoms with Crippen molar-refractivity contribution >= 4 is 10.0 Å². The second-order valence-electron chi connectivity index (χ2n) is 5.39. The second-order valence-corrected chi connectivity index (χ2v) is 7.12. The summed E-state index contributed by atoms with van der Waals surface area (Å²) in [6.07, 6.45) is 2.14. The number of likely N-dealkylation sites (tertiary alicyclic amines) is 1. The number of aryl methyl sites for hydroxylation is 1. The first kappa shape index (κ1) is 15.4. The minimum atomic E-state index is -3.52. The van der Waals surface area contributed by atoms with E-state index in [9.17, 15) is 8.42 Å². The van der Waals surface area contributed by atoms with Crippen molar-refractivity contribution in [3.63, 3.8) is 0 Å². The highest BCUT2D eigenvalue weighted by Crippen LogP contribution is 2.18. The Bertz CT molecular complexity index is 572. The van der Waals surface area contributed by atoms with Crippen LogP contribution in [0.15, 0.2) is 23.1 Å². The van der Waals surface area contributed by atoms with E-state index in [4.69, 9.17) is 5.11 Å². The number of sulfonamides is 1. The molecule has 5 nitrogen and oxygen atoms in total. The fraction of sp³-hybridized carbons (Fsp3) is 0.571. The Balaban J connectivity index is 2.13. The molecular formula is C14H22N2O3S. The molecule has 0 aromatic heterocycles. The van der Waals surface area contributed by atoms with Crippen LogP contribution in [0.2, 0.25) is 0 Å². The largest absolute Gasteiger partial charge is 0.392 e. The highest BCUT2D eigenvalue weighted by molar-refractivity contribution is 7.89. The minimum Gasteiger partial charge on any atom is -0.392 e. The Morgan fingerprint density at radius 2 is 2.20 bits per heavy atom. The predicted molar refractivity (Wildman–Crippen MR) is 77.9 cm³/mol. The molecule has 20 heavy (non-hydrogen) atoms. The van der Waals surface area contributed by atoms with Gasteiger partial charge in [0.1, 0.15) is 0 Å². The smallest absolute Gasteiger partial charge is 0.240 e. The van der Waals surface area contributed by atoms with E-state index >= 15 is 0 Å². The molecule has 1 unspecified atom stereocenters. The molecule has 0 spiro atoms. The number of aliphatic hydroxyl groups is 1. The lowest BCUT2D eigenvalue weighted by Gasteiger charge is -2.20. The maximum absolute atomic E-state index is 12.4. The summed E-state index contributed by atoms with van der Waals surface area (Å²) in [6.45, 7) is 3.05. The van der Waals surface area contributed by atoms with Crippen molar-refractivity contribution in [1.29, 1.82) is 0 Å². The van der Waals surface area contributed by atoms with Crippen molar-refractivity contribution in [2.45, 2.75) is 37.3 Å². The molecule has 0 amide bonds. The van der Waals surface area contributed by atoms with Gasteiger partial charge in [-0.2, -0.15) is 0 Å². The monoisotopic (exact) mass is 298 g/mol. The van der Waals surface area contributed by atoms with E-state index in [1.54, 1.807) is 19.1 Å². The van der Waals surface area contributed by atoms with E-state index in [-0.39, 0.29) is 17.5 Å². The van der Waals surface area contributed by atoms with E-state index in [1.807, 2.05) is 7.05 Å². The molecule has 1 aromatic carbocycles. The van der Waals surface area contributed by atoms with Crippen LogP contribution in [0.1, 0.15) is 24.0 Å². The normalized spacial score (nSPS) is 20.4. The van der Waals surface area contributed by atoms with Crippen LogP contribution < -0.4 is 4.72 Å². The van der Waals surface area contributed by atoms with Gasteiger partial charge in [0.25, 0.3) is 0 Å². The summed E-state index contributed by atoms with van der Waals surface area (Å²) in [5.41, 5.74) is 1.29. The van der Waals surface area contributed by atoms with Gasteiger partial charge in [-0.05, 0) is 50.6 Å². The van der Waals surface area contributed by atoms with Crippen LogP contribution in [-0.2, 0) is 16.6 Å². The number of aliphatic hydroxyl groups excluding tert-OH is 1. The molecule has 1 atom stereocenters. The van der Waals surface area contributed by atoms with Gasteiger partial charge in [0, 0.05) is 12.6 Å². The predicted octanol–water partition coefficient (Wildman–Crippen LogP) is 0.860. The molecule has 2 N–H and O–H groups in total. The third-order valence-electron chi connectivity index (χ3n) is 3.91. The van der Waals surface area contributed by atoms with Gasteiger partial charge in [0.2, 0.25) is 10.0 Å². The SMILES string of the molecule is Cc1ccc(CO)cc1S(=O)(=O)NCC1CCCN1C. The standard InChI is InChI=1S/C14H22N2O3S/c1-11-5-6-12(10-17)8-14(11)20(18,19)15-9-13-4-3-7-16(13)2/h5-6,8,13,15,17H,3-4,7,9-10H2,1-2H3. The molecule has 6 heteroatoms. The summed E-state index contributed by atoms with van der Waals surface area (Å²) in [5.74, 6) is 0. The van der Waals surface area contributed by atoms with Crippen LogP contribution in [-0.4, -0.2) is 44.6 Å².